The summed E-state index contributed by atoms with van der Waals surface area (Å²) in [6.07, 6.45) is 0. The van der Waals surface area contributed by atoms with Crippen LogP contribution < -0.4 is 4.72 Å². The maximum Gasteiger partial charge on any atom is 0.263 e. The van der Waals surface area contributed by atoms with Crippen LogP contribution in [0, 0.1) is 0 Å². The highest BCUT2D eigenvalue weighted by molar-refractivity contribution is 9.10. The molecule has 0 aromatic heterocycles. The van der Waals surface area contributed by atoms with Gasteiger partial charge in [-0.05, 0) is 30.3 Å². The molecule has 1 N–H and O–H groups in total. The fourth-order valence-electron chi connectivity index (χ4n) is 1.44. The molecule has 2 aromatic carbocycles. The Morgan fingerprint density at radius 1 is 1.00 bits per heavy atom. The topological polar surface area (TPSA) is 46.2 Å². The van der Waals surface area contributed by atoms with E-state index in [1.54, 1.807) is 30.3 Å². The predicted octanol–water partition coefficient (Wildman–Crippen LogP) is 4.56. The van der Waals surface area contributed by atoms with Crippen molar-refractivity contribution in [3.05, 3.63) is 57.0 Å². The van der Waals surface area contributed by atoms with Gasteiger partial charge < -0.3 is 0 Å². The van der Waals surface area contributed by atoms with E-state index in [-0.39, 0.29) is 9.92 Å². The smallest absolute Gasteiger partial charge is 0.263 e. The summed E-state index contributed by atoms with van der Waals surface area (Å²) >= 11 is 15.1. The van der Waals surface area contributed by atoms with Gasteiger partial charge in [-0.3, -0.25) is 4.72 Å². The number of rotatable bonds is 3. The lowest BCUT2D eigenvalue weighted by Gasteiger charge is -2.10. The normalized spacial score (nSPS) is 11.3. The summed E-state index contributed by atoms with van der Waals surface area (Å²) in [4.78, 5) is -0.00251. The summed E-state index contributed by atoms with van der Waals surface area (Å²) < 4.78 is 27.5. The number of halogens is 3. The third kappa shape index (κ3) is 3.42. The minimum absolute atomic E-state index is 0.00251. The highest BCUT2D eigenvalue weighted by Gasteiger charge is 2.19. The van der Waals surface area contributed by atoms with Crippen molar-refractivity contribution in [3.8, 4) is 0 Å². The van der Waals surface area contributed by atoms with Crippen LogP contribution in [0.25, 0.3) is 0 Å². The van der Waals surface area contributed by atoms with Crippen molar-refractivity contribution in [2.24, 2.45) is 0 Å². The van der Waals surface area contributed by atoms with Gasteiger partial charge in [0, 0.05) is 4.47 Å². The van der Waals surface area contributed by atoms with Crippen LogP contribution in [-0.4, -0.2) is 8.42 Å². The lowest BCUT2D eigenvalue weighted by atomic mass is 10.3. The van der Waals surface area contributed by atoms with Gasteiger partial charge in [0.2, 0.25) is 0 Å². The van der Waals surface area contributed by atoms with E-state index in [4.69, 9.17) is 23.2 Å². The Bertz CT molecular complexity index is 719. The van der Waals surface area contributed by atoms with Gasteiger partial charge in [0.05, 0.1) is 15.7 Å². The van der Waals surface area contributed by atoms with Crippen molar-refractivity contribution < 1.29 is 8.42 Å². The molecule has 0 aliphatic heterocycles. The van der Waals surface area contributed by atoms with E-state index >= 15 is 0 Å². The second-order valence-corrected chi connectivity index (χ2v) is 7.04. The molecule has 0 radical (unpaired) electrons. The molecule has 0 aliphatic carbocycles. The second kappa shape index (κ2) is 5.71. The number of hydrogen-bond acceptors (Lipinski definition) is 2. The molecule has 0 saturated heterocycles. The number of benzene rings is 2. The molecule has 0 amide bonds. The molecule has 0 atom stereocenters. The standard InChI is InChI=1S/C12H8BrCl2NO2S/c13-8-5-6-12(10(15)7-8)19(17,18)16-11-4-2-1-3-9(11)14/h1-7,16H. The predicted molar refractivity (Wildman–Crippen MR) is 81.4 cm³/mol. The summed E-state index contributed by atoms with van der Waals surface area (Å²) in [6.45, 7) is 0. The lowest BCUT2D eigenvalue weighted by Crippen LogP contribution is -2.13. The average molecular weight is 381 g/mol. The van der Waals surface area contributed by atoms with E-state index in [9.17, 15) is 8.42 Å². The summed E-state index contributed by atoms with van der Waals surface area (Å²) in [5.41, 5.74) is 0.308. The van der Waals surface area contributed by atoms with Crippen LogP contribution in [0.5, 0.6) is 0 Å². The van der Waals surface area contributed by atoms with Gasteiger partial charge in [0.25, 0.3) is 10.0 Å². The number of nitrogens with one attached hydrogen (secondary N) is 1. The van der Waals surface area contributed by atoms with Crippen LogP contribution in [-0.2, 0) is 10.0 Å². The van der Waals surface area contributed by atoms with E-state index in [0.29, 0.717) is 15.2 Å². The van der Waals surface area contributed by atoms with Crippen LogP contribution in [0.3, 0.4) is 0 Å². The van der Waals surface area contributed by atoms with Gasteiger partial charge in [-0.15, -0.1) is 0 Å². The molecule has 2 rings (SSSR count). The molecule has 0 aliphatic rings. The second-order valence-electron chi connectivity index (χ2n) is 3.66. The Morgan fingerprint density at radius 3 is 2.32 bits per heavy atom. The molecule has 0 bridgehead atoms. The Balaban J connectivity index is 2.41. The van der Waals surface area contributed by atoms with E-state index in [2.05, 4.69) is 20.7 Å². The highest BCUT2D eigenvalue weighted by Crippen LogP contribution is 2.29. The maximum absolute atomic E-state index is 12.2. The fraction of sp³-hybridized carbons (Fsp3) is 0. The zero-order chi connectivity index (χ0) is 14.0. The zero-order valence-electron chi connectivity index (χ0n) is 9.40. The quantitative estimate of drug-likeness (QED) is 0.848. The molecule has 3 nitrogen and oxygen atoms in total. The van der Waals surface area contributed by atoms with Crippen LogP contribution in [0.1, 0.15) is 0 Å². The highest BCUT2D eigenvalue weighted by atomic mass is 79.9. The molecular weight excluding hydrogens is 373 g/mol. The first kappa shape index (κ1) is 14.7. The first-order valence-electron chi connectivity index (χ1n) is 5.12. The van der Waals surface area contributed by atoms with Crippen molar-refractivity contribution >= 4 is 54.8 Å². The molecular formula is C12H8BrCl2NO2S. The minimum Gasteiger partial charge on any atom is -0.278 e. The van der Waals surface area contributed by atoms with Crippen molar-refractivity contribution in [3.63, 3.8) is 0 Å². The van der Waals surface area contributed by atoms with Gasteiger partial charge in [-0.2, -0.15) is 0 Å². The number of hydrogen-bond donors (Lipinski definition) is 1. The third-order valence-corrected chi connectivity index (χ3v) is 4.97. The van der Waals surface area contributed by atoms with E-state index in [1.165, 1.54) is 12.1 Å². The monoisotopic (exact) mass is 379 g/mol. The number of para-hydroxylation sites is 1. The first-order chi connectivity index (χ1) is 8.90. The first-order valence-corrected chi connectivity index (χ1v) is 8.16. The largest absolute Gasteiger partial charge is 0.278 e. The lowest BCUT2D eigenvalue weighted by molar-refractivity contribution is 0.601. The third-order valence-electron chi connectivity index (χ3n) is 2.30. The molecule has 0 unspecified atom stereocenters. The van der Waals surface area contributed by atoms with Crippen LogP contribution in [0.4, 0.5) is 5.69 Å². The van der Waals surface area contributed by atoms with Gasteiger partial charge in [0.1, 0.15) is 4.90 Å². The van der Waals surface area contributed by atoms with Crippen molar-refractivity contribution in [1.29, 1.82) is 0 Å². The Labute approximate surface area is 129 Å². The Hall–Kier alpha value is -0.750. The molecule has 0 saturated carbocycles. The van der Waals surface area contributed by atoms with Gasteiger partial charge in [0.15, 0.2) is 0 Å². The Morgan fingerprint density at radius 2 is 1.68 bits per heavy atom. The van der Waals surface area contributed by atoms with Gasteiger partial charge in [-0.1, -0.05) is 51.3 Å². The van der Waals surface area contributed by atoms with E-state index < -0.39 is 10.0 Å². The van der Waals surface area contributed by atoms with E-state index in [0.717, 1.165) is 0 Å². The van der Waals surface area contributed by atoms with Crippen molar-refractivity contribution in [2.45, 2.75) is 4.90 Å². The summed E-state index contributed by atoms with van der Waals surface area (Å²) in [5.74, 6) is 0. The summed E-state index contributed by atoms with van der Waals surface area (Å²) in [6, 6.07) is 11.1. The minimum atomic E-state index is -3.77. The SMILES string of the molecule is O=S(=O)(Nc1ccccc1Cl)c1ccc(Br)cc1Cl. The number of anilines is 1. The zero-order valence-corrected chi connectivity index (χ0v) is 13.3. The summed E-state index contributed by atoms with van der Waals surface area (Å²) in [7, 11) is -3.77. The molecule has 2 aromatic rings. The molecule has 19 heavy (non-hydrogen) atoms. The maximum atomic E-state index is 12.2. The molecule has 0 heterocycles. The molecule has 7 heteroatoms. The summed E-state index contributed by atoms with van der Waals surface area (Å²) in [5, 5.41) is 0.452. The molecule has 0 fully saturated rings. The van der Waals surface area contributed by atoms with Crippen molar-refractivity contribution in [1.82, 2.24) is 0 Å². The van der Waals surface area contributed by atoms with E-state index in [1.807, 2.05) is 0 Å². The van der Waals surface area contributed by atoms with Gasteiger partial charge >= 0.3 is 0 Å². The van der Waals surface area contributed by atoms with Crippen LogP contribution in [0.2, 0.25) is 10.0 Å². The Kier molecular flexibility index (Phi) is 4.40. The van der Waals surface area contributed by atoms with Crippen LogP contribution >= 0.6 is 39.1 Å². The molecule has 100 valence electrons. The average Bonchev–Trinajstić information content (AvgIpc) is 2.31. The van der Waals surface area contributed by atoms with Crippen molar-refractivity contribution in [2.75, 3.05) is 4.72 Å². The van der Waals surface area contributed by atoms with Crippen LogP contribution in [0.15, 0.2) is 51.8 Å². The molecule has 0 spiro atoms. The fourth-order valence-corrected chi connectivity index (χ4v) is 3.79. The number of sulfonamides is 1. The van der Waals surface area contributed by atoms with Gasteiger partial charge in [-0.25, -0.2) is 8.42 Å².